The number of amides is 2. The van der Waals surface area contributed by atoms with E-state index in [2.05, 4.69) is 21.7 Å². The maximum Gasteiger partial charge on any atom is 0.416 e. The average molecular weight is 619 g/mol. The molecule has 3 aromatic rings. The minimum Gasteiger partial charge on any atom is -0.339 e. The van der Waals surface area contributed by atoms with Gasteiger partial charge >= 0.3 is 6.18 Å². The first-order valence-electron chi connectivity index (χ1n) is 15.7. The van der Waals surface area contributed by atoms with E-state index in [1.165, 1.54) is 17.0 Å². The predicted octanol–water partition coefficient (Wildman–Crippen LogP) is 5.54. The van der Waals surface area contributed by atoms with Crippen LogP contribution in [0.3, 0.4) is 0 Å². The summed E-state index contributed by atoms with van der Waals surface area (Å²) in [5.74, 6) is 0.737. The molecule has 45 heavy (non-hydrogen) atoms. The summed E-state index contributed by atoms with van der Waals surface area (Å²) in [6.07, 6.45) is 3.44. The van der Waals surface area contributed by atoms with Crippen LogP contribution in [0.1, 0.15) is 76.5 Å². The van der Waals surface area contributed by atoms with Crippen molar-refractivity contribution in [3.63, 3.8) is 0 Å². The second-order valence-corrected chi connectivity index (χ2v) is 13.3. The molecule has 2 atom stereocenters. The molecule has 1 aromatic heterocycles. The van der Waals surface area contributed by atoms with Gasteiger partial charge in [-0.3, -0.25) is 14.5 Å². The number of nitrogens with zero attached hydrogens (tertiary/aromatic N) is 6. The van der Waals surface area contributed by atoms with Gasteiger partial charge in [0.25, 0.3) is 5.91 Å². The van der Waals surface area contributed by atoms with E-state index in [9.17, 15) is 22.8 Å². The summed E-state index contributed by atoms with van der Waals surface area (Å²) in [7, 11) is 1.91. The van der Waals surface area contributed by atoms with Crippen molar-refractivity contribution in [2.24, 2.45) is 18.4 Å². The van der Waals surface area contributed by atoms with Gasteiger partial charge in [-0.05, 0) is 85.2 Å². The molecule has 11 heteroatoms. The maximum absolute atomic E-state index is 14.5. The lowest BCUT2D eigenvalue weighted by Gasteiger charge is -2.33. The van der Waals surface area contributed by atoms with Gasteiger partial charge in [-0.25, -0.2) is 0 Å². The fourth-order valence-corrected chi connectivity index (χ4v) is 7.89. The van der Waals surface area contributed by atoms with Crippen molar-refractivity contribution in [3.05, 3.63) is 89.0 Å². The van der Waals surface area contributed by atoms with Crippen LogP contribution < -0.4 is 4.90 Å². The van der Waals surface area contributed by atoms with Crippen LogP contribution in [0.5, 0.6) is 0 Å². The number of carbonyl (C=O) groups excluding carboxylic acids is 2. The number of alkyl halides is 3. The summed E-state index contributed by atoms with van der Waals surface area (Å²) >= 11 is 0. The Morgan fingerprint density at radius 1 is 1.16 bits per heavy atom. The lowest BCUT2D eigenvalue weighted by atomic mass is 9.72. The third-order valence-corrected chi connectivity index (χ3v) is 10.4. The van der Waals surface area contributed by atoms with Crippen LogP contribution in [-0.2, 0) is 31.1 Å². The zero-order valence-electron chi connectivity index (χ0n) is 25.4. The van der Waals surface area contributed by atoms with Crippen molar-refractivity contribution in [1.29, 1.82) is 0 Å². The largest absolute Gasteiger partial charge is 0.416 e. The van der Waals surface area contributed by atoms with E-state index in [0.717, 1.165) is 50.0 Å². The summed E-state index contributed by atoms with van der Waals surface area (Å²) in [4.78, 5) is 31.4. The number of hydrogen-bond donors (Lipinski definition) is 0. The Kier molecular flexibility index (Phi) is 7.34. The van der Waals surface area contributed by atoms with Crippen molar-refractivity contribution in [3.8, 4) is 0 Å². The molecular formula is C34H37F3N6O2. The fourth-order valence-electron chi connectivity index (χ4n) is 7.89. The molecular weight excluding hydrogens is 581 g/mol. The average Bonchev–Trinajstić information content (AvgIpc) is 3.78. The molecule has 0 N–H and O–H groups in total. The maximum atomic E-state index is 14.5. The topological polar surface area (TPSA) is 74.6 Å². The first-order valence-corrected chi connectivity index (χ1v) is 15.7. The highest BCUT2D eigenvalue weighted by Crippen LogP contribution is 2.45. The highest BCUT2D eigenvalue weighted by atomic mass is 19.4. The molecule has 2 amide bonds. The van der Waals surface area contributed by atoms with Gasteiger partial charge in [0, 0.05) is 55.8 Å². The van der Waals surface area contributed by atoms with Crippen molar-refractivity contribution in [1.82, 2.24) is 24.6 Å². The molecule has 7 rings (SSSR count). The normalized spacial score (nSPS) is 22.7. The molecule has 3 fully saturated rings. The molecule has 8 nitrogen and oxygen atoms in total. The molecule has 2 saturated heterocycles. The minimum atomic E-state index is -4.60. The van der Waals surface area contributed by atoms with Gasteiger partial charge in [-0.15, -0.1) is 10.2 Å². The van der Waals surface area contributed by atoms with Crippen LogP contribution in [-0.4, -0.2) is 62.6 Å². The Balaban J connectivity index is 1.15. The van der Waals surface area contributed by atoms with E-state index in [0.29, 0.717) is 43.3 Å². The SMILES string of the molecule is C=CC(=O)N1CC[C@]2(CCN(Cc3cc4c(c(C(F)(F)F)c3)CN(c3cccc([C@H](c5nncn5C)C5CCC5)c3)C4=O)C2)C1. The van der Waals surface area contributed by atoms with Gasteiger partial charge in [0.05, 0.1) is 12.1 Å². The van der Waals surface area contributed by atoms with E-state index in [1.54, 1.807) is 23.4 Å². The first-order chi connectivity index (χ1) is 21.5. The molecule has 1 spiro atoms. The zero-order valence-corrected chi connectivity index (χ0v) is 25.4. The van der Waals surface area contributed by atoms with Crippen molar-refractivity contribution in [2.75, 3.05) is 31.1 Å². The molecule has 1 saturated carbocycles. The third kappa shape index (κ3) is 5.34. The Labute approximate surface area is 260 Å². The fraction of sp³-hybridized carbons (Fsp3) is 0.471. The second kappa shape index (κ2) is 11.1. The molecule has 0 unspecified atom stereocenters. The van der Waals surface area contributed by atoms with Crippen LogP contribution in [0.15, 0.2) is 55.4 Å². The predicted molar refractivity (Wildman–Crippen MR) is 162 cm³/mol. The number of carbonyl (C=O) groups is 2. The zero-order chi connectivity index (χ0) is 31.5. The van der Waals surface area contributed by atoms with Gasteiger partial charge in [-0.2, -0.15) is 13.2 Å². The summed E-state index contributed by atoms with van der Waals surface area (Å²) in [6.45, 7) is 6.51. The van der Waals surface area contributed by atoms with Crippen LogP contribution >= 0.6 is 0 Å². The Hall–Kier alpha value is -3.99. The van der Waals surface area contributed by atoms with E-state index in [1.807, 2.05) is 29.8 Å². The Morgan fingerprint density at radius 2 is 1.96 bits per heavy atom. The van der Waals surface area contributed by atoms with Gasteiger partial charge in [-0.1, -0.05) is 25.1 Å². The Bertz CT molecular complexity index is 1660. The highest BCUT2D eigenvalue weighted by Gasteiger charge is 2.45. The standard InChI is InChI=1S/C34H37F3N6O2/c1-3-29(44)42-13-11-33(20-42)10-12-41(19-33)17-22-14-26-27(28(15-22)34(35,36)37)18-43(32(26)45)25-9-5-8-24(16-25)30(23-6-4-7-23)31-39-38-21-40(31)2/h3,5,8-9,14-16,21,23,30H,1,4,6-7,10-13,17-20H2,2H3/t30-,33+/m1/s1. The monoisotopic (exact) mass is 618 g/mol. The lowest BCUT2D eigenvalue weighted by molar-refractivity contribution is -0.138. The number of aryl methyl sites for hydroxylation is 1. The Morgan fingerprint density at radius 3 is 2.64 bits per heavy atom. The number of aromatic nitrogens is 3. The van der Waals surface area contributed by atoms with Crippen LogP contribution in [0, 0.1) is 11.3 Å². The molecule has 4 heterocycles. The van der Waals surface area contributed by atoms with Crippen LogP contribution in [0.2, 0.25) is 0 Å². The van der Waals surface area contributed by atoms with E-state index >= 15 is 0 Å². The highest BCUT2D eigenvalue weighted by molar-refractivity contribution is 6.10. The molecule has 2 aromatic carbocycles. The lowest BCUT2D eigenvalue weighted by Crippen LogP contribution is -2.33. The second-order valence-electron chi connectivity index (χ2n) is 13.3. The summed E-state index contributed by atoms with van der Waals surface area (Å²) in [5, 5.41) is 8.46. The van der Waals surface area contributed by atoms with E-state index < -0.39 is 17.6 Å². The number of likely N-dealkylation sites (tertiary alicyclic amines) is 2. The quantitative estimate of drug-likeness (QED) is 0.326. The number of hydrogen-bond acceptors (Lipinski definition) is 5. The molecule has 1 aliphatic carbocycles. The van der Waals surface area contributed by atoms with Crippen LogP contribution in [0.25, 0.3) is 0 Å². The van der Waals surface area contributed by atoms with Gasteiger partial charge in [0.2, 0.25) is 5.91 Å². The summed E-state index contributed by atoms with van der Waals surface area (Å²) in [5.41, 5.74) is 1.39. The van der Waals surface area contributed by atoms with Crippen molar-refractivity contribution in [2.45, 2.75) is 57.3 Å². The number of benzene rings is 2. The van der Waals surface area contributed by atoms with Gasteiger partial charge in [0.15, 0.2) is 0 Å². The van der Waals surface area contributed by atoms with Crippen molar-refractivity contribution < 1.29 is 22.8 Å². The molecule has 0 radical (unpaired) electrons. The molecule has 236 valence electrons. The molecule has 4 aliphatic rings. The minimum absolute atomic E-state index is 0.00536. The van der Waals surface area contributed by atoms with Gasteiger partial charge in [0.1, 0.15) is 12.2 Å². The van der Waals surface area contributed by atoms with Crippen LogP contribution in [0.4, 0.5) is 18.9 Å². The van der Waals surface area contributed by atoms with E-state index in [-0.39, 0.29) is 34.9 Å². The number of fused-ring (bicyclic) bond motifs is 1. The molecule has 3 aliphatic heterocycles. The van der Waals surface area contributed by atoms with Crippen molar-refractivity contribution >= 4 is 17.5 Å². The molecule has 0 bridgehead atoms. The van der Waals surface area contributed by atoms with E-state index in [4.69, 9.17) is 0 Å². The smallest absolute Gasteiger partial charge is 0.339 e. The number of anilines is 1. The number of rotatable bonds is 7. The third-order valence-electron chi connectivity index (χ3n) is 10.4. The summed E-state index contributed by atoms with van der Waals surface area (Å²) in [6, 6.07) is 10.5. The first kappa shape index (κ1) is 29.7. The van der Waals surface area contributed by atoms with Gasteiger partial charge < -0.3 is 14.4 Å². The summed E-state index contributed by atoms with van der Waals surface area (Å²) < 4.78 is 45.4. The number of halogens is 3.